The normalized spacial score (nSPS) is 25.0. The smallest absolute Gasteiger partial charge is 0.233 e. The summed E-state index contributed by atoms with van der Waals surface area (Å²) in [5, 5.41) is 1.24. The highest BCUT2D eigenvalue weighted by molar-refractivity contribution is 9.11. The van der Waals surface area contributed by atoms with Crippen molar-refractivity contribution in [2.45, 2.75) is 29.8 Å². The zero-order valence-corrected chi connectivity index (χ0v) is 21.1. The molecule has 10 heteroatoms. The molecule has 0 spiro atoms. The highest BCUT2D eigenvalue weighted by atomic mass is 79.9. The highest BCUT2D eigenvalue weighted by Crippen LogP contribution is 2.36. The summed E-state index contributed by atoms with van der Waals surface area (Å²) in [4.78, 5) is 22.3. The van der Waals surface area contributed by atoms with E-state index in [0.29, 0.717) is 23.8 Å². The molecule has 0 aromatic carbocycles. The van der Waals surface area contributed by atoms with Gasteiger partial charge in [-0.05, 0) is 49.8 Å². The summed E-state index contributed by atoms with van der Waals surface area (Å²) < 4.78 is 27.6. The van der Waals surface area contributed by atoms with Crippen LogP contribution in [0.1, 0.15) is 25.7 Å². The number of pyridine rings is 1. The van der Waals surface area contributed by atoms with Crippen LogP contribution in [-0.2, 0) is 14.8 Å². The molecular formula is C22H29BrN4O3S2. The van der Waals surface area contributed by atoms with Gasteiger partial charge in [0.25, 0.3) is 0 Å². The van der Waals surface area contributed by atoms with Crippen molar-refractivity contribution in [2.75, 3.05) is 37.6 Å². The molecule has 32 heavy (non-hydrogen) atoms. The van der Waals surface area contributed by atoms with Crippen LogP contribution >= 0.6 is 27.7 Å². The molecule has 0 radical (unpaired) electrons. The van der Waals surface area contributed by atoms with Crippen molar-refractivity contribution in [2.24, 2.45) is 11.8 Å². The van der Waals surface area contributed by atoms with Gasteiger partial charge in [-0.15, -0.1) is 11.8 Å². The van der Waals surface area contributed by atoms with E-state index in [9.17, 15) is 13.2 Å². The fraction of sp³-hybridized carbons (Fsp3) is 0.545. The standard InChI is InChI=1S/C22H29BrN4O3S2/c23-21-2-1-20(31-21)8-14-32(29,30)25-15-17-5-11-27(16-17)22(28)18-6-12-26(13-7-18)19-3-9-24-10-4-19/h1,3-4,8-10,14,17-18,21,25H,2,5-7,11-13,15-16H2/b14-8+/t17-,21?/m0/s1. The molecule has 0 saturated carbocycles. The van der Waals surface area contributed by atoms with Crippen LogP contribution in [0.4, 0.5) is 5.69 Å². The van der Waals surface area contributed by atoms with Crippen molar-refractivity contribution >= 4 is 49.3 Å². The number of allylic oxidation sites excluding steroid dienone is 2. The first kappa shape index (κ1) is 23.8. The predicted octanol–water partition coefficient (Wildman–Crippen LogP) is 3.32. The second-order valence-corrected chi connectivity index (χ2v) is 13.1. The van der Waals surface area contributed by atoms with Gasteiger partial charge in [0.15, 0.2) is 0 Å². The van der Waals surface area contributed by atoms with E-state index in [4.69, 9.17) is 0 Å². The Morgan fingerprint density at radius 3 is 2.66 bits per heavy atom. The second kappa shape index (κ2) is 10.7. The first-order chi connectivity index (χ1) is 15.4. The lowest BCUT2D eigenvalue weighted by molar-refractivity contribution is -0.135. The van der Waals surface area contributed by atoms with E-state index in [1.165, 1.54) is 5.41 Å². The molecule has 2 atom stereocenters. The SMILES string of the molecule is O=C(C1CCN(c2ccncc2)CC1)N1CC[C@@H](CNS(=O)(=O)/C=C/C2=CCC(Br)S2)C1. The fourth-order valence-corrected chi connectivity index (χ4v) is 7.03. The van der Waals surface area contributed by atoms with Gasteiger partial charge in [0, 0.05) is 67.0 Å². The number of piperidine rings is 1. The molecule has 3 aliphatic rings. The zero-order chi connectivity index (χ0) is 22.6. The van der Waals surface area contributed by atoms with Gasteiger partial charge in [-0.25, -0.2) is 13.1 Å². The molecule has 2 saturated heterocycles. The summed E-state index contributed by atoms with van der Waals surface area (Å²) in [6.45, 7) is 3.44. The van der Waals surface area contributed by atoms with Crippen molar-refractivity contribution in [3.8, 4) is 0 Å². The third-order valence-electron chi connectivity index (χ3n) is 6.22. The van der Waals surface area contributed by atoms with Crippen molar-refractivity contribution < 1.29 is 13.2 Å². The quantitative estimate of drug-likeness (QED) is 0.534. The fourth-order valence-electron chi connectivity index (χ4n) is 4.40. The van der Waals surface area contributed by atoms with Crippen molar-refractivity contribution in [3.05, 3.63) is 47.0 Å². The number of aromatic nitrogens is 1. The van der Waals surface area contributed by atoms with Crippen molar-refractivity contribution in [1.29, 1.82) is 0 Å². The van der Waals surface area contributed by atoms with E-state index in [1.807, 2.05) is 23.1 Å². The van der Waals surface area contributed by atoms with Gasteiger partial charge >= 0.3 is 0 Å². The Hall–Kier alpha value is -1.36. The maximum absolute atomic E-state index is 13.0. The van der Waals surface area contributed by atoms with Crippen molar-refractivity contribution in [1.82, 2.24) is 14.6 Å². The molecule has 174 valence electrons. The molecule has 1 amide bonds. The lowest BCUT2D eigenvalue weighted by atomic mass is 9.95. The number of rotatable bonds is 7. The number of anilines is 1. The lowest BCUT2D eigenvalue weighted by Gasteiger charge is -2.34. The van der Waals surface area contributed by atoms with Gasteiger partial charge in [0.1, 0.15) is 0 Å². The van der Waals surface area contributed by atoms with E-state index in [-0.39, 0.29) is 17.7 Å². The van der Waals surface area contributed by atoms with E-state index in [1.54, 1.807) is 30.2 Å². The number of sulfonamides is 1. The molecule has 1 aromatic heterocycles. The Morgan fingerprint density at radius 1 is 1.22 bits per heavy atom. The van der Waals surface area contributed by atoms with Gasteiger partial charge in [-0.2, -0.15) is 0 Å². The van der Waals surface area contributed by atoms with Crippen LogP contribution < -0.4 is 9.62 Å². The number of thioether (sulfide) groups is 1. The lowest BCUT2D eigenvalue weighted by Crippen LogP contribution is -2.42. The summed E-state index contributed by atoms with van der Waals surface area (Å²) in [6, 6.07) is 4.01. The minimum Gasteiger partial charge on any atom is -0.371 e. The molecule has 1 aromatic rings. The Morgan fingerprint density at radius 2 is 1.97 bits per heavy atom. The van der Waals surface area contributed by atoms with Crippen molar-refractivity contribution in [3.63, 3.8) is 0 Å². The molecule has 1 unspecified atom stereocenters. The molecule has 0 aliphatic carbocycles. The maximum atomic E-state index is 13.0. The van der Waals surface area contributed by atoms with Gasteiger partial charge in [0.05, 0.1) is 4.16 Å². The summed E-state index contributed by atoms with van der Waals surface area (Å²) >= 11 is 5.12. The molecule has 2 fully saturated rings. The van der Waals surface area contributed by atoms with Gasteiger partial charge in [-0.1, -0.05) is 22.0 Å². The first-order valence-corrected chi connectivity index (χ1v) is 14.4. The molecular weight excluding hydrogens is 512 g/mol. The molecule has 4 heterocycles. The van der Waals surface area contributed by atoms with Crippen LogP contribution in [0.3, 0.4) is 0 Å². The number of carbonyl (C=O) groups excluding carboxylic acids is 1. The Balaban J connectivity index is 1.20. The van der Waals surface area contributed by atoms with E-state index >= 15 is 0 Å². The Labute approximate surface area is 202 Å². The van der Waals surface area contributed by atoms with Gasteiger partial charge in [-0.3, -0.25) is 9.78 Å². The molecule has 3 aliphatic heterocycles. The van der Waals surface area contributed by atoms with Crippen LogP contribution in [0, 0.1) is 11.8 Å². The Kier molecular flexibility index (Phi) is 7.96. The van der Waals surface area contributed by atoms with E-state index in [0.717, 1.165) is 49.4 Å². The summed E-state index contributed by atoms with van der Waals surface area (Å²) in [7, 11) is -3.48. The molecule has 0 bridgehead atoms. The monoisotopic (exact) mass is 540 g/mol. The third kappa shape index (κ3) is 6.36. The number of likely N-dealkylation sites (tertiary alicyclic amines) is 1. The minimum absolute atomic E-state index is 0.0573. The number of hydrogen-bond donors (Lipinski definition) is 1. The number of nitrogens with one attached hydrogen (secondary N) is 1. The predicted molar refractivity (Wildman–Crippen MR) is 133 cm³/mol. The van der Waals surface area contributed by atoms with Gasteiger partial charge < -0.3 is 9.80 Å². The highest BCUT2D eigenvalue weighted by Gasteiger charge is 2.33. The number of halogens is 1. The Bertz CT molecular complexity index is 963. The van der Waals surface area contributed by atoms with Crippen LogP contribution in [0.2, 0.25) is 0 Å². The molecule has 7 nitrogen and oxygen atoms in total. The van der Waals surface area contributed by atoms with E-state index < -0.39 is 10.0 Å². The molecule has 4 rings (SSSR count). The largest absolute Gasteiger partial charge is 0.371 e. The minimum atomic E-state index is -3.48. The average molecular weight is 542 g/mol. The van der Waals surface area contributed by atoms with Crippen LogP contribution in [0.15, 0.2) is 47.0 Å². The van der Waals surface area contributed by atoms with Crippen LogP contribution in [0.25, 0.3) is 0 Å². The number of carbonyl (C=O) groups is 1. The number of hydrogen-bond acceptors (Lipinski definition) is 6. The number of alkyl halides is 1. The van der Waals surface area contributed by atoms with E-state index in [2.05, 4.69) is 30.5 Å². The van der Waals surface area contributed by atoms with Gasteiger partial charge in [0.2, 0.25) is 15.9 Å². The topological polar surface area (TPSA) is 82.6 Å². The molecule has 1 N–H and O–H groups in total. The third-order valence-corrected chi connectivity index (χ3v) is 9.24. The van der Waals surface area contributed by atoms with Crippen LogP contribution in [0.5, 0.6) is 0 Å². The van der Waals surface area contributed by atoms with Crippen LogP contribution in [-0.4, -0.2) is 61.1 Å². The summed E-state index contributed by atoms with van der Waals surface area (Å²) in [6.07, 6.45) is 10.7. The first-order valence-electron chi connectivity index (χ1n) is 11.0. The second-order valence-electron chi connectivity index (χ2n) is 8.47. The maximum Gasteiger partial charge on any atom is 0.233 e. The summed E-state index contributed by atoms with van der Waals surface area (Å²) in [5.41, 5.74) is 1.16. The summed E-state index contributed by atoms with van der Waals surface area (Å²) in [5.74, 6) is 0.437. The zero-order valence-electron chi connectivity index (χ0n) is 17.9. The number of amides is 1. The number of nitrogens with zero attached hydrogens (tertiary/aromatic N) is 3. The average Bonchev–Trinajstić information content (AvgIpc) is 3.46.